The number of halogens is 1. The molecule has 6 nitrogen and oxygen atoms in total. The van der Waals surface area contributed by atoms with Crippen LogP contribution in [-0.4, -0.2) is 71.1 Å². The third kappa shape index (κ3) is 7.04. The zero-order chi connectivity index (χ0) is 25.7. The number of β-amino-alcohol motifs (C(OH)–C–C–N with tert-alkyl or cyclic N) is 1. The summed E-state index contributed by atoms with van der Waals surface area (Å²) in [6.45, 7) is 7.24. The first-order chi connectivity index (χ1) is 17.2. The molecule has 0 bridgehead atoms. The van der Waals surface area contributed by atoms with E-state index in [2.05, 4.69) is 11.0 Å². The fraction of sp³-hybridized carbons (Fsp3) is 0.552. The Balaban J connectivity index is 1.34. The molecule has 2 aliphatic heterocycles. The molecule has 0 aliphatic carbocycles. The monoisotopic (exact) mass is 495 g/mol. The lowest BCUT2D eigenvalue weighted by Crippen LogP contribution is -2.41. The molecular formula is C29H38FN3O3. The average Bonchev–Trinajstić information content (AvgIpc) is 2.87. The molecule has 4 rings (SSSR count). The van der Waals surface area contributed by atoms with Crippen LogP contribution in [0.25, 0.3) is 11.1 Å². The molecule has 2 N–H and O–H groups in total. The summed E-state index contributed by atoms with van der Waals surface area (Å²) in [5.74, 6) is 0.986. The molecule has 0 saturated carbocycles. The van der Waals surface area contributed by atoms with Crippen molar-refractivity contribution in [1.29, 1.82) is 5.26 Å². The number of ether oxygens (including phenoxy) is 1. The summed E-state index contributed by atoms with van der Waals surface area (Å²) in [6.07, 6.45) is 2.45. The first-order valence-corrected chi connectivity index (χ1v) is 13.0. The highest BCUT2D eigenvalue weighted by Gasteiger charge is 2.26. The standard InChI is InChI=1S/C29H38FN3O3/c1-29(2,30)20-32-14-11-21(12-15-32)19-36-27-10-9-24(16-25(27)17-31)22-5-7-23(8-6-22)28(35)33-13-3-4-26(34)18-33/h5-10,16,21,26,28,34-35H,3-4,11-15,18-20H2,1-2H3/t26-,28-/m1/s1. The molecule has 0 amide bonds. The summed E-state index contributed by atoms with van der Waals surface area (Å²) in [4.78, 5) is 4.07. The summed E-state index contributed by atoms with van der Waals surface area (Å²) in [5, 5.41) is 30.3. The first-order valence-electron chi connectivity index (χ1n) is 13.0. The van der Waals surface area contributed by atoms with Gasteiger partial charge in [-0.3, -0.25) is 4.90 Å². The molecular weight excluding hydrogens is 457 g/mol. The average molecular weight is 496 g/mol. The summed E-state index contributed by atoms with van der Waals surface area (Å²) in [7, 11) is 0. The third-order valence-electron chi connectivity index (χ3n) is 7.20. The van der Waals surface area contributed by atoms with Crippen LogP contribution in [-0.2, 0) is 0 Å². The van der Waals surface area contributed by atoms with Gasteiger partial charge < -0.3 is 19.8 Å². The van der Waals surface area contributed by atoms with Crippen LogP contribution < -0.4 is 4.74 Å². The fourth-order valence-electron chi connectivity index (χ4n) is 5.24. The minimum absolute atomic E-state index is 0.389. The van der Waals surface area contributed by atoms with Gasteiger partial charge in [-0.1, -0.05) is 30.3 Å². The van der Waals surface area contributed by atoms with E-state index in [9.17, 15) is 19.9 Å². The maximum absolute atomic E-state index is 13.9. The molecule has 0 aromatic heterocycles. The number of alkyl halides is 1. The lowest BCUT2D eigenvalue weighted by molar-refractivity contribution is -0.0455. The zero-order valence-corrected chi connectivity index (χ0v) is 21.4. The number of benzene rings is 2. The maximum Gasteiger partial charge on any atom is 0.137 e. The smallest absolute Gasteiger partial charge is 0.137 e. The van der Waals surface area contributed by atoms with Crippen LogP contribution in [0.3, 0.4) is 0 Å². The molecule has 0 radical (unpaired) electrons. The lowest BCUT2D eigenvalue weighted by atomic mass is 9.96. The van der Waals surface area contributed by atoms with Crippen LogP contribution in [0.15, 0.2) is 42.5 Å². The highest BCUT2D eigenvalue weighted by atomic mass is 19.1. The second-order valence-electron chi connectivity index (χ2n) is 10.9. The van der Waals surface area contributed by atoms with E-state index in [0.717, 1.165) is 62.0 Å². The highest BCUT2D eigenvalue weighted by Crippen LogP contribution is 2.30. The highest BCUT2D eigenvalue weighted by molar-refractivity contribution is 5.67. The van der Waals surface area contributed by atoms with Crippen molar-refractivity contribution in [2.45, 2.75) is 57.5 Å². The van der Waals surface area contributed by atoms with E-state index in [-0.39, 0.29) is 6.10 Å². The van der Waals surface area contributed by atoms with Crippen LogP contribution in [0.4, 0.5) is 4.39 Å². The van der Waals surface area contributed by atoms with Crippen molar-refractivity contribution >= 4 is 0 Å². The quantitative estimate of drug-likeness (QED) is 0.561. The Labute approximate surface area is 213 Å². The van der Waals surface area contributed by atoms with Gasteiger partial charge in [0, 0.05) is 19.6 Å². The van der Waals surface area contributed by atoms with Crippen LogP contribution >= 0.6 is 0 Å². The van der Waals surface area contributed by atoms with Gasteiger partial charge in [0.15, 0.2) is 0 Å². The van der Waals surface area contributed by atoms with E-state index < -0.39 is 11.9 Å². The van der Waals surface area contributed by atoms with Gasteiger partial charge in [0.2, 0.25) is 0 Å². The van der Waals surface area contributed by atoms with Crippen LogP contribution in [0, 0.1) is 17.2 Å². The molecule has 2 fully saturated rings. The maximum atomic E-state index is 13.9. The Bertz CT molecular complexity index is 1040. The summed E-state index contributed by atoms with van der Waals surface area (Å²) < 4.78 is 20.0. The van der Waals surface area contributed by atoms with Crippen LogP contribution in [0.5, 0.6) is 5.75 Å². The topological polar surface area (TPSA) is 80.0 Å². The normalized spacial score (nSPS) is 21.2. The molecule has 2 heterocycles. The van der Waals surface area contributed by atoms with E-state index in [1.807, 2.05) is 47.4 Å². The van der Waals surface area contributed by atoms with Crippen molar-refractivity contribution in [3.63, 3.8) is 0 Å². The first kappa shape index (κ1) is 26.6. The summed E-state index contributed by atoms with van der Waals surface area (Å²) >= 11 is 0. The minimum Gasteiger partial charge on any atom is -0.492 e. The second kappa shape index (κ2) is 11.7. The van der Waals surface area contributed by atoms with Crippen molar-refractivity contribution in [2.75, 3.05) is 39.3 Å². The molecule has 2 atom stereocenters. The number of piperidine rings is 2. The molecule has 36 heavy (non-hydrogen) atoms. The van der Waals surface area contributed by atoms with E-state index in [1.165, 1.54) is 0 Å². The van der Waals surface area contributed by atoms with E-state index in [1.54, 1.807) is 13.8 Å². The number of nitrogens with zero attached hydrogens (tertiary/aromatic N) is 3. The SMILES string of the molecule is CC(C)(F)CN1CCC(COc2ccc(-c3ccc([C@@H](O)N4CCC[C@@H](O)C4)cc3)cc2C#N)CC1. The third-order valence-corrected chi connectivity index (χ3v) is 7.20. The largest absolute Gasteiger partial charge is 0.492 e. The van der Waals surface area contributed by atoms with Crippen LogP contribution in [0.2, 0.25) is 0 Å². The van der Waals surface area contributed by atoms with Crippen LogP contribution in [0.1, 0.15) is 56.9 Å². The number of rotatable bonds is 8. The van der Waals surface area contributed by atoms with Gasteiger partial charge in [-0.2, -0.15) is 5.26 Å². The Morgan fingerprint density at radius 1 is 1.08 bits per heavy atom. The number of hydrogen-bond acceptors (Lipinski definition) is 6. The van der Waals surface area contributed by atoms with Gasteiger partial charge >= 0.3 is 0 Å². The van der Waals surface area contributed by atoms with Crippen molar-refractivity contribution in [3.8, 4) is 22.9 Å². The number of likely N-dealkylation sites (tertiary alicyclic amines) is 2. The summed E-state index contributed by atoms with van der Waals surface area (Å²) in [6, 6.07) is 15.6. The molecule has 2 aromatic carbocycles. The summed E-state index contributed by atoms with van der Waals surface area (Å²) in [5.41, 5.74) is 1.97. The Kier molecular flexibility index (Phi) is 8.63. The van der Waals surface area contributed by atoms with E-state index in [4.69, 9.17) is 4.74 Å². The van der Waals surface area contributed by atoms with Crippen molar-refractivity contribution in [2.24, 2.45) is 5.92 Å². The number of nitriles is 1. The predicted octanol–water partition coefficient (Wildman–Crippen LogP) is 4.51. The zero-order valence-electron chi connectivity index (χ0n) is 21.4. The second-order valence-corrected chi connectivity index (χ2v) is 10.9. The number of hydrogen-bond donors (Lipinski definition) is 2. The van der Waals surface area contributed by atoms with Crippen molar-refractivity contribution in [1.82, 2.24) is 9.80 Å². The Morgan fingerprint density at radius 2 is 1.78 bits per heavy atom. The van der Waals surface area contributed by atoms with Gasteiger partial charge in [-0.05, 0) is 87.4 Å². The molecule has 7 heteroatoms. The van der Waals surface area contributed by atoms with Crippen molar-refractivity contribution in [3.05, 3.63) is 53.6 Å². The molecule has 0 spiro atoms. The molecule has 0 unspecified atom stereocenters. The van der Waals surface area contributed by atoms with Gasteiger partial charge in [-0.15, -0.1) is 0 Å². The number of aliphatic hydroxyl groups excluding tert-OH is 2. The molecule has 2 aromatic rings. The van der Waals surface area contributed by atoms with E-state index >= 15 is 0 Å². The van der Waals surface area contributed by atoms with Crippen molar-refractivity contribution < 1.29 is 19.3 Å². The van der Waals surface area contributed by atoms with E-state index in [0.29, 0.717) is 36.9 Å². The minimum atomic E-state index is -1.18. The Morgan fingerprint density at radius 3 is 2.42 bits per heavy atom. The Hall–Kier alpha value is -2.50. The fourth-order valence-corrected chi connectivity index (χ4v) is 5.24. The molecule has 194 valence electrons. The van der Waals surface area contributed by atoms with Gasteiger partial charge in [0.1, 0.15) is 23.7 Å². The predicted molar refractivity (Wildman–Crippen MR) is 138 cm³/mol. The van der Waals surface area contributed by atoms with Gasteiger partial charge in [0.05, 0.1) is 18.3 Å². The molecule has 2 aliphatic rings. The molecule has 2 saturated heterocycles. The number of aliphatic hydroxyl groups is 2. The van der Waals surface area contributed by atoms with Gasteiger partial charge in [0.25, 0.3) is 0 Å². The lowest BCUT2D eigenvalue weighted by Gasteiger charge is -2.34. The van der Waals surface area contributed by atoms with Gasteiger partial charge in [-0.25, -0.2) is 4.39 Å².